The summed E-state index contributed by atoms with van der Waals surface area (Å²) in [6, 6.07) is 8.45. The van der Waals surface area contributed by atoms with E-state index in [0.29, 0.717) is 35.3 Å². The van der Waals surface area contributed by atoms with E-state index in [-0.39, 0.29) is 11.8 Å². The van der Waals surface area contributed by atoms with Gasteiger partial charge in [-0.25, -0.2) is 17.9 Å². The number of thiophene rings is 1. The third-order valence-corrected chi connectivity index (χ3v) is 8.74. The number of esters is 1. The summed E-state index contributed by atoms with van der Waals surface area (Å²) in [5.74, 6) is 0.0614. The fourth-order valence-electron chi connectivity index (χ4n) is 4.64. The maximum Gasteiger partial charge on any atom is 0.341 e. The van der Waals surface area contributed by atoms with E-state index in [1.165, 1.54) is 45.1 Å². The molecule has 3 aromatic rings. The Kier molecular flexibility index (Phi) is 7.30. The number of amides is 1. The molecule has 182 valence electrons. The summed E-state index contributed by atoms with van der Waals surface area (Å²) < 4.78 is 12.0. The number of benzene rings is 1. The lowest BCUT2D eigenvalue weighted by Gasteiger charge is -2.26. The first-order valence-corrected chi connectivity index (χ1v) is 13.3. The van der Waals surface area contributed by atoms with Crippen molar-refractivity contribution in [3.63, 3.8) is 0 Å². The summed E-state index contributed by atoms with van der Waals surface area (Å²) in [5, 5.41) is 2.56. The van der Waals surface area contributed by atoms with E-state index in [0.717, 1.165) is 37.9 Å². The topological polar surface area (TPSA) is 84.9 Å². The van der Waals surface area contributed by atoms with Gasteiger partial charge < -0.3 is 14.4 Å². The largest absolute Gasteiger partial charge is 0.465 e. The fourth-order valence-corrected chi connectivity index (χ4v) is 6.54. The number of carbonyl (C=O) groups excluding carboxylic acids is 2. The third-order valence-electron chi connectivity index (χ3n) is 6.51. The molecule has 1 saturated heterocycles. The fraction of sp³-hybridized carbons (Fsp3) is 0.360. The van der Waals surface area contributed by atoms with Crippen LogP contribution in [0.15, 0.2) is 42.0 Å². The first kappa shape index (κ1) is 24.1. The molecule has 1 atom stereocenters. The Morgan fingerprint density at radius 2 is 1.89 bits per heavy atom. The van der Waals surface area contributed by atoms with Gasteiger partial charge in [-0.3, -0.25) is 4.79 Å². The van der Waals surface area contributed by atoms with Crippen LogP contribution in [0.3, 0.4) is 0 Å². The molecule has 0 saturated carbocycles. The van der Waals surface area contributed by atoms with Crippen LogP contribution in [0.4, 0.5) is 10.9 Å². The highest BCUT2D eigenvalue weighted by molar-refractivity contribution is 14.1. The Morgan fingerprint density at radius 1 is 1.17 bits per heavy atom. The average molecular weight is 604 g/mol. The molecule has 0 radical (unpaired) electrons. The number of aryl methyl sites for hydroxylation is 1. The van der Waals surface area contributed by atoms with Crippen LogP contribution in [0.5, 0.6) is 0 Å². The molecule has 1 aliphatic carbocycles. The van der Waals surface area contributed by atoms with E-state index in [9.17, 15) is 9.59 Å². The summed E-state index contributed by atoms with van der Waals surface area (Å²) in [5.41, 5.74) is 4.45. The Balaban J connectivity index is 1.39. The van der Waals surface area contributed by atoms with Crippen molar-refractivity contribution in [1.29, 1.82) is 0 Å². The average Bonchev–Trinajstić information content (AvgIpc) is 3.37. The predicted molar refractivity (Wildman–Crippen MR) is 143 cm³/mol. The number of ether oxygens (including phenoxy) is 2. The number of hydrogen-bond acceptors (Lipinski definition) is 8. The van der Waals surface area contributed by atoms with Crippen LogP contribution in [0, 0.1) is 0 Å². The lowest BCUT2D eigenvalue weighted by Crippen LogP contribution is -2.37. The van der Waals surface area contributed by atoms with Crippen molar-refractivity contribution in [3.8, 4) is 0 Å². The zero-order chi connectivity index (χ0) is 24.4. The monoisotopic (exact) mass is 604 g/mol. The van der Waals surface area contributed by atoms with Crippen molar-refractivity contribution < 1.29 is 19.1 Å². The summed E-state index contributed by atoms with van der Waals surface area (Å²) in [7, 11) is 1.38. The number of fused-ring (bicyclic) bond motifs is 1. The van der Waals surface area contributed by atoms with E-state index < -0.39 is 5.97 Å². The number of halogens is 1. The van der Waals surface area contributed by atoms with Gasteiger partial charge in [-0.2, -0.15) is 0 Å². The minimum Gasteiger partial charge on any atom is -0.465 e. The standard InChI is InChI=1S/C25H25IN4O4S/c1-33-24(32)21-20(18-7-6-16-4-2-3-5-17(16)12-18)15-35-23(21)30(26)22(31)19-13-27-25(28-14-19)29-8-10-34-11-9-29/h2-5,13-15,18H,6-12H2,1H3. The highest BCUT2D eigenvalue weighted by Crippen LogP contribution is 2.42. The van der Waals surface area contributed by atoms with E-state index in [2.05, 4.69) is 34.2 Å². The molecule has 8 nitrogen and oxygen atoms in total. The van der Waals surface area contributed by atoms with Crippen molar-refractivity contribution >= 4 is 57.0 Å². The Labute approximate surface area is 221 Å². The van der Waals surface area contributed by atoms with Crippen LogP contribution in [0.25, 0.3) is 0 Å². The number of carbonyl (C=O) groups is 2. The second-order valence-electron chi connectivity index (χ2n) is 8.53. The molecule has 1 fully saturated rings. The second-order valence-corrected chi connectivity index (χ2v) is 10.4. The first-order chi connectivity index (χ1) is 17.1. The van der Waals surface area contributed by atoms with Crippen molar-refractivity contribution in [3.05, 3.63) is 69.9 Å². The van der Waals surface area contributed by atoms with Gasteiger partial charge >= 0.3 is 5.97 Å². The summed E-state index contributed by atoms with van der Waals surface area (Å²) in [6.07, 6.45) is 5.85. The number of hydrogen-bond donors (Lipinski definition) is 0. The van der Waals surface area contributed by atoms with Gasteiger partial charge in [0.25, 0.3) is 5.91 Å². The van der Waals surface area contributed by atoms with Gasteiger partial charge in [0.2, 0.25) is 5.95 Å². The molecule has 5 rings (SSSR count). The minimum absolute atomic E-state index is 0.194. The zero-order valence-electron chi connectivity index (χ0n) is 19.3. The van der Waals surface area contributed by atoms with Crippen LogP contribution < -0.4 is 8.01 Å². The SMILES string of the molecule is COC(=O)c1c(C2CCc3ccccc3C2)csc1N(I)C(=O)c1cnc(N2CCOCC2)nc1. The van der Waals surface area contributed by atoms with E-state index in [1.807, 2.05) is 33.1 Å². The van der Waals surface area contributed by atoms with Crippen LogP contribution in [-0.4, -0.2) is 55.3 Å². The molecule has 1 amide bonds. The predicted octanol–water partition coefficient (Wildman–Crippen LogP) is 4.43. The van der Waals surface area contributed by atoms with Gasteiger partial charge in [0.05, 0.1) is 54.3 Å². The van der Waals surface area contributed by atoms with Gasteiger partial charge in [-0.05, 0) is 47.3 Å². The molecule has 2 aliphatic rings. The smallest absolute Gasteiger partial charge is 0.341 e. The summed E-state index contributed by atoms with van der Waals surface area (Å²) in [6.45, 7) is 2.71. The van der Waals surface area contributed by atoms with Crippen LogP contribution >= 0.6 is 34.2 Å². The molecule has 35 heavy (non-hydrogen) atoms. The van der Waals surface area contributed by atoms with E-state index >= 15 is 0 Å². The molecule has 3 heterocycles. The maximum absolute atomic E-state index is 13.3. The molecular weight excluding hydrogens is 579 g/mol. The highest BCUT2D eigenvalue weighted by Gasteiger charge is 2.32. The summed E-state index contributed by atoms with van der Waals surface area (Å²) in [4.78, 5) is 37.0. The van der Waals surface area contributed by atoms with Crippen LogP contribution in [0.2, 0.25) is 0 Å². The van der Waals surface area contributed by atoms with Gasteiger partial charge in [0.1, 0.15) is 5.00 Å². The number of methoxy groups -OCH3 is 1. The Hall–Kier alpha value is -2.57. The van der Waals surface area contributed by atoms with Crippen LogP contribution in [0.1, 0.15) is 49.7 Å². The molecule has 0 spiro atoms. The second kappa shape index (κ2) is 10.6. The minimum atomic E-state index is -0.427. The first-order valence-electron chi connectivity index (χ1n) is 11.5. The molecule has 0 bridgehead atoms. The number of rotatable bonds is 5. The van der Waals surface area contributed by atoms with E-state index in [1.54, 1.807) is 0 Å². The third kappa shape index (κ3) is 4.91. The lowest BCUT2D eigenvalue weighted by molar-refractivity contribution is 0.0600. The quantitative estimate of drug-likeness (QED) is 0.242. The number of morpholine rings is 1. The number of anilines is 2. The van der Waals surface area contributed by atoms with Gasteiger partial charge in [0, 0.05) is 25.5 Å². The van der Waals surface area contributed by atoms with Crippen molar-refractivity contribution in [2.24, 2.45) is 0 Å². The normalized spacial score (nSPS) is 17.5. The molecule has 1 aromatic carbocycles. The zero-order valence-corrected chi connectivity index (χ0v) is 22.3. The van der Waals surface area contributed by atoms with Crippen LogP contribution in [-0.2, 0) is 22.3 Å². The molecule has 1 unspecified atom stereocenters. The molecule has 2 aromatic heterocycles. The van der Waals surface area contributed by atoms with Gasteiger partial charge in [0.15, 0.2) is 0 Å². The van der Waals surface area contributed by atoms with Gasteiger partial charge in [-0.15, -0.1) is 11.3 Å². The van der Waals surface area contributed by atoms with Gasteiger partial charge in [-0.1, -0.05) is 24.3 Å². The molecule has 0 N–H and O–H groups in total. The van der Waals surface area contributed by atoms with Crippen molar-refractivity contribution in [1.82, 2.24) is 9.97 Å². The summed E-state index contributed by atoms with van der Waals surface area (Å²) >= 11 is 3.34. The number of aromatic nitrogens is 2. The Morgan fingerprint density at radius 3 is 2.60 bits per heavy atom. The molecule has 1 aliphatic heterocycles. The maximum atomic E-state index is 13.3. The lowest BCUT2D eigenvalue weighted by atomic mass is 9.80. The number of nitrogens with zero attached hydrogens (tertiary/aromatic N) is 4. The van der Waals surface area contributed by atoms with E-state index in [4.69, 9.17) is 9.47 Å². The highest BCUT2D eigenvalue weighted by atomic mass is 127. The van der Waals surface area contributed by atoms with Crippen molar-refractivity contribution in [2.75, 3.05) is 41.4 Å². The van der Waals surface area contributed by atoms with Crippen molar-refractivity contribution in [2.45, 2.75) is 25.2 Å². The Bertz CT molecular complexity index is 1230. The molecular formula is C25H25IN4O4S. The molecule has 10 heteroatoms.